The van der Waals surface area contributed by atoms with Crippen molar-refractivity contribution in [2.24, 2.45) is 5.92 Å². The smallest absolute Gasteiger partial charge is 0.255 e. The molecule has 3 aliphatic heterocycles. The number of nitrogens with zero attached hydrogens (tertiary/aromatic N) is 3. The topological polar surface area (TPSA) is 73.0 Å². The van der Waals surface area contributed by atoms with Crippen molar-refractivity contribution in [3.63, 3.8) is 0 Å². The highest BCUT2D eigenvalue weighted by atomic mass is 35.5. The number of carbonyl (C=O) groups is 3. The zero-order chi connectivity index (χ0) is 26.9. The number of carbonyl (C=O) groups excluding carboxylic acids is 3. The summed E-state index contributed by atoms with van der Waals surface area (Å²) in [4.78, 5) is 43.9. The number of halogens is 1. The van der Waals surface area contributed by atoms with Gasteiger partial charge >= 0.3 is 0 Å². The molecule has 0 aromatic heterocycles. The molecule has 3 amide bonds. The molecule has 1 aliphatic carbocycles. The Morgan fingerprint density at radius 2 is 1.72 bits per heavy atom. The van der Waals surface area contributed by atoms with Crippen molar-refractivity contribution in [2.75, 3.05) is 26.2 Å². The van der Waals surface area contributed by atoms with Gasteiger partial charge in [-0.3, -0.25) is 29.5 Å². The largest absolute Gasteiger partial charge is 0.322 e. The Labute approximate surface area is 235 Å². The molecule has 1 saturated carbocycles. The van der Waals surface area contributed by atoms with E-state index in [0.29, 0.717) is 30.5 Å². The molecular formula is C31H37ClN4O3. The maximum atomic E-state index is 13.1. The van der Waals surface area contributed by atoms with E-state index >= 15 is 0 Å². The van der Waals surface area contributed by atoms with Crippen LogP contribution in [0.5, 0.6) is 0 Å². The SMILES string of the molecule is O=C1CCC(N2Cc3cc(C[C@H]4CCCC[C@@H]4N4CCN(Cc5ccccc5Cl)CC4)ccc3C2=O)C(=O)N1. The minimum Gasteiger partial charge on any atom is -0.322 e. The van der Waals surface area contributed by atoms with Crippen molar-refractivity contribution in [1.29, 1.82) is 0 Å². The predicted octanol–water partition coefficient (Wildman–Crippen LogP) is 4.02. The minimum absolute atomic E-state index is 0.101. The van der Waals surface area contributed by atoms with Gasteiger partial charge in [0.2, 0.25) is 11.8 Å². The highest BCUT2D eigenvalue weighted by molar-refractivity contribution is 6.31. The molecule has 2 aromatic carbocycles. The second-order valence-electron chi connectivity index (χ2n) is 11.6. The Morgan fingerprint density at radius 1 is 0.923 bits per heavy atom. The Bertz CT molecular complexity index is 1260. The molecule has 7 nitrogen and oxygen atoms in total. The number of piperidine rings is 1. The third-order valence-corrected chi connectivity index (χ3v) is 9.55. The number of benzene rings is 2. The summed E-state index contributed by atoms with van der Waals surface area (Å²) in [5, 5.41) is 3.24. The number of imide groups is 1. The van der Waals surface area contributed by atoms with Gasteiger partial charge in [0.25, 0.3) is 5.91 Å². The lowest BCUT2D eigenvalue weighted by Gasteiger charge is -2.44. The van der Waals surface area contributed by atoms with Crippen molar-refractivity contribution >= 4 is 29.3 Å². The predicted molar refractivity (Wildman–Crippen MR) is 150 cm³/mol. The molecule has 4 aliphatic rings. The molecule has 8 heteroatoms. The molecule has 3 atom stereocenters. The normalized spacial score (nSPS) is 26.5. The molecule has 3 heterocycles. The second-order valence-corrected chi connectivity index (χ2v) is 12.0. The quantitative estimate of drug-likeness (QED) is 0.552. The van der Waals surface area contributed by atoms with Gasteiger partial charge in [0.05, 0.1) is 0 Å². The average molecular weight is 549 g/mol. The molecule has 0 radical (unpaired) electrons. The van der Waals surface area contributed by atoms with Crippen LogP contribution in [0, 0.1) is 5.92 Å². The van der Waals surface area contributed by atoms with Gasteiger partial charge in [0, 0.05) is 62.3 Å². The first-order valence-corrected chi connectivity index (χ1v) is 14.8. The van der Waals surface area contributed by atoms with Gasteiger partial charge in [-0.15, -0.1) is 0 Å². The maximum absolute atomic E-state index is 13.1. The third-order valence-electron chi connectivity index (χ3n) is 9.18. The first-order valence-electron chi connectivity index (χ1n) is 14.4. The highest BCUT2D eigenvalue weighted by Gasteiger charge is 2.39. The lowest BCUT2D eigenvalue weighted by atomic mass is 9.79. The fourth-order valence-electron chi connectivity index (χ4n) is 7.09. The van der Waals surface area contributed by atoms with Gasteiger partial charge in [-0.2, -0.15) is 0 Å². The van der Waals surface area contributed by atoms with Gasteiger partial charge in [-0.25, -0.2) is 0 Å². The summed E-state index contributed by atoms with van der Waals surface area (Å²) in [6.45, 7) is 5.65. The second kappa shape index (κ2) is 11.4. The number of hydrogen-bond donors (Lipinski definition) is 1. The van der Waals surface area contributed by atoms with Gasteiger partial charge in [0.15, 0.2) is 0 Å². The molecule has 2 aromatic rings. The first kappa shape index (κ1) is 26.5. The fourth-order valence-corrected chi connectivity index (χ4v) is 7.28. The molecule has 3 fully saturated rings. The van der Waals surface area contributed by atoms with Crippen LogP contribution in [-0.2, 0) is 29.1 Å². The van der Waals surface area contributed by atoms with Gasteiger partial charge in [0.1, 0.15) is 6.04 Å². The first-order chi connectivity index (χ1) is 19.0. The standard InChI is InChI=1S/C31H37ClN4O3/c32-26-7-3-1-6-23(26)19-34-13-15-35(16-14-34)27-8-4-2-5-22(27)17-21-9-10-25-24(18-21)20-36(31(25)39)28-11-12-29(37)33-30(28)38/h1,3,6-7,9-10,18,22,27-28H,2,4-5,8,11-17,19-20H2,(H,33,37,38)/t22-,27+,28?/m1/s1. The Hall–Kier alpha value is -2.74. The summed E-state index contributed by atoms with van der Waals surface area (Å²) in [5.74, 6) is -0.108. The summed E-state index contributed by atoms with van der Waals surface area (Å²) in [5.41, 5.74) is 4.18. The van der Waals surface area contributed by atoms with E-state index in [1.807, 2.05) is 18.2 Å². The van der Waals surface area contributed by atoms with E-state index in [-0.39, 0.29) is 24.1 Å². The zero-order valence-corrected chi connectivity index (χ0v) is 23.2. The number of amides is 3. The highest BCUT2D eigenvalue weighted by Crippen LogP contribution is 2.34. The van der Waals surface area contributed by atoms with E-state index in [2.05, 4.69) is 39.4 Å². The summed E-state index contributed by atoms with van der Waals surface area (Å²) >= 11 is 6.40. The van der Waals surface area contributed by atoms with Crippen molar-refractivity contribution in [3.8, 4) is 0 Å². The summed E-state index contributed by atoms with van der Waals surface area (Å²) in [6, 6.07) is 14.4. The van der Waals surface area contributed by atoms with Crippen molar-refractivity contribution < 1.29 is 14.4 Å². The lowest BCUT2D eigenvalue weighted by Crippen LogP contribution is -2.53. The molecule has 2 saturated heterocycles. The number of piperazine rings is 1. The molecule has 0 spiro atoms. The summed E-state index contributed by atoms with van der Waals surface area (Å²) < 4.78 is 0. The van der Waals surface area contributed by atoms with E-state index in [0.717, 1.165) is 49.7 Å². The van der Waals surface area contributed by atoms with Crippen molar-refractivity contribution in [1.82, 2.24) is 20.0 Å². The van der Waals surface area contributed by atoms with Gasteiger partial charge < -0.3 is 4.90 Å². The van der Waals surface area contributed by atoms with Crippen LogP contribution in [-0.4, -0.2) is 70.7 Å². The monoisotopic (exact) mass is 548 g/mol. The molecule has 39 heavy (non-hydrogen) atoms. The number of fused-ring (bicyclic) bond motifs is 1. The van der Waals surface area contributed by atoms with Crippen LogP contribution in [0.15, 0.2) is 42.5 Å². The van der Waals surface area contributed by atoms with Crippen LogP contribution in [0.4, 0.5) is 0 Å². The molecule has 6 rings (SSSR count). The molecular weight excluding hydrogens is 512 g/mol. The molecule has 206 valence electrons. The minimum atomic E-state index is -0.564. The van der Waals surface area contributed by atoms with Crippen LogP contribution < -0.4 is 5.32 Å². The summed E-state index contributed by atoms with van der Waals surface area (Å²) in [6.07, 6.45) is 6.75. The third kappa shape index (κ3) is 5.63. The fraction of sp³-hybridized carbons (Fsp3) is 0.516. The van der Waals surface area contributed by atoms with Crippen LogP contribution in [0.25, 0.3) is 0 Å². The van der Waals surface area contributed by atoms with Crippen LogP contribution in [0.3, 0.4) is 0 Å². The van der Waals surface area contributed by atoms with Crippen LogP contribution in [0.2, 0.25) is 5.02 Å². The van der Waals surface area contributed by atoms with Crippen molar-refractivity contribution in [3.05, 3.63) is 69.7 Å². The molecule has 1 unspecified atom stereocenters. The van der Waals surface area contributed by atoms with Crippen molar-refractivity contribution in [2.45, 2.75) is 70.1 Å². The van der Waals surface area contributed by atoms with E-state index in [1.54, 1.807) is 4.90 Å². The number of nitrogens with one attached hydrogen (secondary N) is 1. The lowest BCUT2D eigenvalue weighted by molar-refractivity contribution is -0.136. The zero-order valence-electron chi connectivity index (χ0n) is 22.4. The Morgan fingerprint density at radius 3 is 2.51 bits per heavy atom. The van der Waals surface area contributed by atoms with E-state index < -0.39 is 6.04 Å². The van der Waals surface area contributed by atoms with E-state index in [1.165, 1.54) is 36.8 Å². The number of rotatable bonds is 6. The van der Waals surface area contributed by atoms with Gasteiger partial charge in [-0.05, 0) is 60.4 Å². The molecule has 1 N–H and O–H groups in total. The summed E-state index contributed by atoms with van der Waals surface area (Å²) in [7, 11) is 0. The van der Waals surface area contributed by atoms with Crippen LogP contribution >= 0.6 is 11.6 Å². The Kier molecular flexibility index (Phi) is 7.74. The van der Waals surface area contributed by atoms with Gasteiger partial charge in [-0.1, -0.05) is 54.8 Å². The molecule has 0 bridgehead atoms. The van der Waals surface area contributed by atoms with Crippen LogP contribution in [0.1, 0.15) is 65.6 Å². The maximum Gasteiger partial charge on any atom is 0.255 e. The Balaban J connectivity index is 1.08. The average Bonchev–Trinajstić information content (AvgIpc) is 3.26. The number of hydrogen-bond acceptors (Lipinski definition) is 5. The van der Waals surface area contributed by atoms with E-state index in [4.69, 9.17) is 11.6 Å². The van der Waals surface area contributed by atoms with E-state index in [9.17, 15) is 14.4 Å².